The van der Waals surface area contributed by atoms with Gasteiger partial charge in [0.15, 0.2) is 0 Å². The van der Waals surface area contributed by atoms with E-state index in [-0.39, 0.29) is 0 Å². The first-order valence-electron chi connectivity index (χ1n) is 9.18. The number of esters is 1. The first-order valence-corrected chi connectivity index (χ1v) is 9.18. The average molecular weight is 392 g/mol. The Balaban J connectivity index is 1.95. The molecule has 29 heavy (non-hydrogen) atoms. The van der Waals surface area contributed by atoms with Crippen LogP contribution in [0.4, 0.5) is 5.82 Å². The third kappa shape index (κ3) is 5.04. The molecule has 0 saturated carbocycles. The van der Waals surface area contributed by atoms with Crippen molar-refractivity contribution in [3.8, 4) is 11.5 Å². The van der Waals surface area contributed by atoms with Gasteiger partial charge in [-0.3, -0.25) is 0 Å². The zero-order valence-electron chi connectivity index (χ0n) is 16.8. The second-order valence-electron chi connectivity index (χ2n) is 6.42. The number of nitrogens with zero attached hydrogens (tertiary/aromatic N) is 2. The van der Waals surface area contributed by atoms with Gasteiger partial charge in [-0.2, -0.15) is 0 Å². The first-order chi connectivity index (χ1) is 14.1. The topological polar surface area (TPSA) is 60.9 Å². The number of rotatable bonds is 8. The standard InChI is InChI=1S/C23H24N2O4/c1-27-19-10-6-17(7-11-19)15-25(16-18-8-12-20(28-2)13-9-18)22-21(23(26)29-3)5-4-14-24-22/h4-14H,15-16H2,1-3H3. The molecule has 1 aromatic heterocycles. The van der Waals surface area contributed by atoms with Gasteiger partial charge in [0.1, 0.15) is 22.9 Å². The van der Waals surface area contributed by atoms with Crippen molar-refractivity contribution in [1.82, 2.24) is 4.98 Å². The highest BCUT2D eigenvalue weighted by molar-refractivity contribution is 5.94. The first kappa shape index (κ1) is 20.2. The number of pyridine rings is 1. The number of benzene rings is 2. The average Bonchev–Trinajstić information content (AvgIpc) is 2.79. The van der Waals surface area contributed by atoms with Crippen LogP contribution in [-0.4, -0.2) is 32.3 Å². The molecule has 0 spiro atoms. The molecule has 150 valence electrons. The van der Waals surface area contributed by atoms with Crippen molar-refractivity contribution in [2.45, 2.75) is 13.1 Å². The Labute approximate surface area is 170 Å². The third-order valence-corrected chi connectivity index (χ3v) is 4.56. The molecule has 6 heteroatoms. The molecule has 0 fully saturated rings. The fourth-order valence-electron chi connectivity index (χ4n) is 3.03. The van der Waals surface area contributed by atoms with Crippen LogP contribution in [0, 0.1) is 0 Å². The minimum absolute atomic E-state index is 0.414. The van der Waals surface area contributed by atoms with Crippen LogP contribution in [-0.2, 0) is 17.8 Å². The Morgan fingerprint density at radius 1 is 0.828 bits per heavy atom. The summed E-state index contributed by atoms with van der Waals surface area (Å²) in [6.07, 6.45) is 1.68. The van der Waals surface area contributed by atoms with Crippen molar-refractivity contribution in [3.63, 3.8) is 0 Å². The number of hydrogen-bond donors (Lipinski definition) is 0. The lowest BCUT2D eigenvalue weighted by molar-refractivity contribution is 0.0601. The molecule has 0 aliphatic heterocycles. The summed E-state index contributed by atoms with van der Waals surface area (Å²) < 4.78 is 15.4. The van der Waals surface area contributed by atoms with Crippen LogP contribution >= 0.6 is 0 Å². The van der Waals surface area contributed by atoms with Gasteiger partial charge in [0.2, 0.25) is 0 Å². The summed E-state index contributed by atoms with van der Waals surface area (Å²) in [5, 5.41) is 0. The van der Waals surface area contributed by atoms with E-state index >= 15 is 0 Å². The molecule has 0 amide bonds. The number of anilines is 1. The van der Waals surface area contributed by atoms with E-state index in [4.69, 9.17) is 14.2 Å². The van der Waals surface area contributed by atoms with Gasteiger partial charge in [-0.15, -0.1) is 0 Å². The van der Waals surface area contributed by atoms with Crippen molar-refractivity contribution < 1.29 is 19.0 Å². The zero-order chi connectivity index (χ0) is 20.6. The van der Waals surface area contributed by atoms with Crippen LogP contribution in [0.1, 0.15) is 21.5 Å². The van der Waals surface area contributed by atoms with Gasteiger partial charge in [0, 0.05) is 19.3 Å². The SMILES string of the molecule is COC(=O)c1cccnc1N(Cc1ccc(OC)cc1)Cc1ccc(OC)cc1. The van der Waals surface area contributed by atoms with Crippen LogP contribution in [0.25, 0.3) is 0 Å². The minimum atomic E-state index is -0.414. The monoisotopic (exact) mass is 392 g/mol. The van der Waals surface area contributed by atoms with E-state index < -0.39 is 5.97 Å². The second-order valence-corrected chi connectivity index (χ2v) is 6.42. The molecular formula is C23H24N2O4. The maximum Gasteiger partial charge on any atom is 0.341 e. The molecule has 3 aromatic rings. The Morgan fingerprint density at radius 2 is 1.34 bits per heavy atom. The summed E-state index contributed by atoms with van der Waals surface area (Å²) in [6.45, 7) is 1.13. The summed E-state index contributed by atoms with van der Waals surface area (Å²) in [6, 6.07) is 19.1. The molecule has 6 nitrogen and oxygen atoms in total. The predicted octanol–water partition coefficient (Wildman–Crippen LogP) is 4.09. The Morgan fingerprint density at radius 3 is 1.79 bits per heavy atom. The zero-order valence-corrected chi connectivity index (χ0v) is 16.8. The quantitative estimate of drug-likeness (QED) is 0.538. The van der Waals surface area contributed by atoms with Gasteiger partial charge in [-0.1, -0.05) is 24.3 Å². The molecule has 0 atom stereocenters. The fraction of sp³-hybridized carbons (Fsp3) is 0.217. The second kappa shape index (κ2) is 9.59. The number of hydrogen-bond acceptors (Lipinski definition) is 6. The summed E-state index contributed by atoms with van der Waals surface area (Å²) in [7, 11) is 4.65. The highest BCUT2D eigenvalue weighted by Crippen LogP contribution is 2.24. The van der Waals surface area contributed by atoms with Crippen LogP contribution in [0.2, 0.25) is 0 Å². The summed E-state index contributed by atoms with van der Waals surface area (Å²) in [4.78, 5) is 18.8. The minimum Gasteiger partial charge on any atom is -0.497 e. The normalized spacial score (nSPS) is 10.3. The van der Waals surface area contributed by atoms with Crippen molar-refractivity contribution in [2.75, 3.05) is 26.2 Å². The van der Waals surface area contributed by atoms with E-state index in [0.29, 0.717) is 24.5 Å². The van der Waals surface area contributed by atoms with Crippen LogP contribution < -0.4 is 14.4 Å². The smallest absolute Gasteiger partial charge is 0.341 e. The maximum absolute atomic E-state index is 12.3. The molecule has 1 heterocycles. The highest BCUT2D eigenvalue weighted by atomic mass is 16.5. The van der Waals surface area contributed by atoms with Crippen LogP contribution in [0.3, 0.4) is 0 Å². The molecule has 0 saturated heterocycles. The van der Waals surface area contributed by atoms with E-state index in [1.54, 1.807) is 32.5 Å². The van der Waals surface area contributed by atoms with E-state index in [9.17, 15) is 4.79 Å². The van der Waals surface area contributed by atoms with Gasteiger partial charge in [0.05, 0.1) is 21.3 Å². The Bertz CT molecular complexity index is 890. The predicted molar refractivity (Wildman–Crippen MR) is 111 cm³/mol. The number of carbonyl (C=O) groups is 1. The van der Waals surface area contributed by atoms with E-state index in [2.05, 4.69) is 9.88 Å². The summed E-state index contributed by atoms with van der Waals surface area (Å²) in [5.74, 6) is 1.75. The lowest BCUT2D eigenvalue weighted by Crippen LogP contribution is -2.25. The Kier molecular flexibility index (Phi) is 6.68. The lowest BCUT2D eigenvalue weighted by Gasteiger charge is -2.26. The van der Waals surface area contributed by atoms with Crippen molar-refractivity contribution in [1.29, 1.82) is 0 Å². The summed E-state index contributed by atoms with van der Waals surface area (Å²) >= 11 is 0. The molecule has 0 aliphatic rings. The Hall–Kier alpha value is -3.54. The van der Waals surface area contributed by atoms with Gasteiger partial charge >= 0.3 is 5.97 Å². The number of carbonyl (C=O) groups excluding carboxylic acids is 1. The molecule has 0 N–H and O–H groups in total. The molecule has 3 rings (SSSR count). The molecule has 0 bridgehead atoms. The van der Waals surface area contributed by atoms with Crippen LogP contribution in [0.15, 0.2) is 66.9 Å². The van der Waals surface area contributed by atoms with E-state index in [1.165, 1.54) is 7.11 Å². The third-order valence-electron chi connectivity index (χ3n) is 4.56. The highest BCUT2D eigenvalue weighted by Gasteiger charge is 2.19. The van der Waals surface area contributed by atoms with Gasteiger partial charge in [-0.25, -0.2) is 9.78 Å². The number of methoxy groups -OCH3 is 3. The van der Waals surface area contributed by atoms with Gasteiger partial charge < -0.3 is 19.1 Å². The largest absolute Gasteiger partial charge is 0.497 e. The summed E-state index contributed by atoms with van der Waals surface area (Å²) in [5.41, 5.74) is 2.57. The maximum atomic E-state index is 12.3. The fourth-order valence-corrected chi connectivity index (χ4v) is 3.03. The van der Waals surface area contributed by atoms with Crippen molar-refractivity contribution in [3.05, 3.63) is 83.6 Å². The van der Waals surface area contributed by atoms with Gasteiger partial charge in [-0.05, 0) is 47.5 Å². The molecule has 0 aliphatic carbocycles. The van der Waals surface area contributed by atoms with E-state index in [0.717, 1.165) is 22.6 Å². The van der Waals surface area contributed by atoms with Crippen molar-refractivity contribution in [2.24, 2.45) is 0 Å². The molecule has 0 unspecified atom stereocenters. The number of aromatic nitrogens is 1. The molecule has 2 aromatic carbocycles. The van der Waals surface area contributed by atoms with E-state index in [1.807, 2.05) is 48.5 Å². The lowest BCUT2D eigenvalue weighted by atomic mass is 10.1. The van der Waals surface area contributed by atoms with Crippen LogP contribution in [0.5, 0.6) is 11.5 Å². The van der Waals surface area contributed by atoms with Gasteiger partial charge in [0.25, 0.3) is 0 Å². The molecular weight excluding hydrogens is 368 g/mol. The van der Waals surface area contributed by atoms with Crippen molar-refractivity contribution >= 4 is 11.8 Å². The number of ether oxygens (including phenoxy) is 3. The molecule has 0 radical (unpaired) electrons.